The largest absolute Gasteiger partial charge is 0.353 e. The molecule has 5 heteroatoms. The molecule has 2 aliphatic rings. The number of fused-ring (bicyclic) bond motifs is 2. The minimum Gasteiger partial charge on any atom is -0.353 e. The highest BCUT2D eigenvalue weighted by Crippen LogP contribution is 2.39. The lowest BCUT2D eigenvalue weighted by molar-refractivity contribution is -0.124. The van der Waals surface area contributed by atoms with E-state index in [1.165, 1.54) is 13.3 Å². The Balaban J connectivity index is 1.64. The van der Waals surface area contributed by atoms with E-state index in [1.54, 1.807) is 0 Å². The van der Waals surface area contributed by atoms with Crippen molar-refractivity contribution in [2.75, 3.05) is 0 Å². The van der Waals surface area contributed by atoms with Crippen LogP contribution < -0.4 is 16.4 Å². The van der Waals surface area contributed by atoms with Crippen molar-refractivity contribution < 1.29 is 9.59 Å². The second kappa shape index (κ2) is 8.00. The number of amides is 2. The number of rotatable bonds is 5. The third-order valence-electron chi connectivity index (χ3n) is 5.67. The van der Waals surface area contributed by atoms with Crippen molar-refractivity contribution in [2.45, 2.75) is 63.6 Å². The van der Waals surface area contributed by atoms with Gasteiger partial charge in [-0.25, -0.2) is 0 Å². The molecule has 136 valence electrons. The molecule has 5 nitrogen and oxygen atoms in total. The topological polar surface area (TPSA) is 84.2 Å². The van der Waals surface area contributed by atoms with E-state index >= 15 is 0 Å². The fraction of sp³-hybridized carbons (Fsp3) is 0.600. The van der Waals surface area contributed by atoms with Gasteiger partial charge in [-0.2, -0.15) is 0 Å². The van der Waals surface area contributed by atoms with E-state index in [9.17, 15) is 9.59 Å². The van der Waals surface area contributed by atoms with E-state index in [4.69, 9.17) is 5.73 Å². The molecule has 0 heterocycles. The normalized spacial score (nSPS) is 29.5. The molecule has 2 saturated carbocycles. The van der Waals surface area contributed by atoms with Crippen LogP contribution in [0.4, 0.5) is 0 Å². The Morgan fingerprint density at radius 1 is 1.16 bits per heavy atom. The van der Waals surface area contributed by atoms with Crippen molar-refractivity contribution >= 4 is 11.8 Å². The number of hydrogen-bond acceptors (Lipinski definition) is 3. The molecule has 0 saturated heterocycles. The maximum absolute atomic E-state index is 12.7. The summed E-state index contributed by atoms with van der Waals surface area (Å²) < 4.78 is 0. The molecule has 2 bridgehead atoms. The Bertz CT molecular complexity index is 590. The van der Waals surface area contributed by atoms with E-state index in [1.807, 2.05) is 30.3 Å². The maximum atomic E-state index is 12.7. The Kier molecular flexibility index (Phi) is 5.74. The van der Waals surface area contributed by atoms with Gasteiger partial charge in [0.25, 0.3) is 0 Å². The molecule has 0 spiro atoms. The van der Waals surface area contributed by atoms with E-state index in [2.05, 4.69) is 10.6 Å². The number of nitrogens with two attached hydrogens (primary N) is 1. The Morgan fingerprint density at radius 3 is 2.40 bits per heavy atom. The fourth-order valence-electron chi connectivity index (χ4n) is 4.64. The summed E-state index contributed by atoms with van der Waals surface area (Å²) in [6.07, 6.45) is 5.84. The third-order valence-corrected chi connectivity index (χ3v) is 5.67. The second-order valence-electron chi connectivity index (χ2n) is 7.64. The van der Waals surface area contributed by atoms with Crippen LogP contribution in [-0.2, 0) is 9.59 Å². The first kappa shape index (κ1) is 17.9. The molecule has 2 fully saturated rings. The lowest BCUT2D eigenvalue weighted by Crippen LogP contribution is -2.54. The zero-order chi connectivity index (χ0) is 17.8. The highest BCUT2D eigenvalue weighted by atomic mass is 16.2. The molecule has 0 radical (unpaired) electrons. The van der Waals surface area contributed by atoms with Gasteiger partial charge >= 0.3 is 0 Å². The Labute approximate surface area is 149 Å². The van der Waals surface area contributed by atoms with Crippen LogP contribution in [0.1, 0.15) is 57.1 Å². The molecule has 3 atom stereocenters. The molecule has 2 amide bonds. The van der Waals surface area contributed by atoms with E-state index < -0.39 is 0 Å². The van der Waals surface area contributed by atoms with Gasteiger partial charge in [-0.15, -0.1) is 0 Å². The SMILES string of the molecule is CC(=O)NC(CC(=O)NC1C2CCCC1CC(N)C2)c1ccccc1. The van der Waals surface area contributed by atoms with Gasteiger partial charge in [0, 0.05) is 19.0 Å². The zero-order valence-electron chi connectivity index (χ0n) is 14.9. The monoisotopic (exact) mass is 343 g/mol. The number of carbonyl (C=O) groups is 2. The maximum Gasteiger partial charge on any atom is 0.222 e. The summed E-state index contributed by atoms with van der Waals surface area (Å²) in [6.45, 7) is 1.49. The predicted molar refractivity (Wildman–Crippen MR) is 97.6 cm³/mol. The van der Waals surface area contributed by atoms with Crippen LogP contribution in [0, 0.1) is 11.8 Å². The minimum absolute atomic E-state index is 0.0139. The quantitative estimate of drug-likeness (QED) is 0.767. The summed E-state index contributed by atoms with van der Waals surface area (Å²) in [5.41, 5.74) is 7.13. The molecule has 2 aliphatic carbocycles. The lowest BCUT2D eigenvalue weighted by atomic mass is 9.67. The van der Waals surface area contributed by atoms with Crippen molar-refractivity contribution in [1.29, 1.82) is 0 Å². The molecule has 0 aromatic heterocycles. The minimum atomic E-state index is -0.288. The summed E-state index contributed by atoms with van der Waals surface area (Å²) in [4.78, 5) is 24.2. The van der Waals surface area contributed by atoms with Gasteiger partial charge in [0.2, 0.25) is 11.8 Å². The second-order valence-corrected chi connectivity index (χ2v) is 7.64. The van der Waals surface area contributed by atoms with Crippen LogP contribution in [0.15, 0.2) is 30.3 Å². The summed E-state index contributed by atoms with van der Waals surface area (Å²) in [5, 5.41) is 6.17. The predicted octanol–water partition coefficient (Wildman–Crippen LogP) is 2.28. The highest BCUT2D eigenvalue weighted by Gasteiger charge is 2.40. The van der Waals surface area contributed by atoms with E-state index in [-0.39, 0.29) is 36.4 Å². The summed E-state index contributed by atoms with van der Waals surface area (Å²) in [7, 11) is 0. The van der Waals surface area contributed by atoms with Gasteiger partial charge in [0.05, 0.1) is 12.5 Å². The molecule has 4 N–H and O–H groups in total. The molecular weight excluding hydrogens is 314 g/mol. The van der Waals surface area contributed by atoms with Gasteiger partial charge < -0.3 is 16.4 Å². The molecule has 3 rings (SSSR count). The van der Waals surface area contributed by atoms with Crippen molar-refractivity contribution in [3.8, 4) is 0 Å². The lowest BCUT2D eigenvalue weighted by Gasteiger charge is -2.45. The molecule has 0 aliphatic heterocycles. The summed E-state index contributed by atoms with van der Waals surface area (Å²) in [6, 6.07) is 9.91. The van der Waals surface area contributed by atoms with Crippen molar-refractivity contribution in [3.05, 3.63) is 35.9 Å². The molecule has 1 aromatic rings. The van der Waals surface area contributed by atoms with Crippen molar-refractivity contribution in [2.24, 2.45) is 17.6 Å². The fourth-order valence-corrected chi connectivity index (χ4v) is 4.64. The molecule has 25 heavy (non-hydrogen) atoms. The summed E-state index contributed by atoms with van der Waals surface area (Å²) >= 11 is 0. The van der Waals surface area contributed by atoms with Crippen LogP contribution in [-0.4, -0.2) is 23.9 Å². The average molecular weight is 343 g/mol. The molecule has 1 aromatic carbocycles. The van der Waals surface area contributed by atoms with Gasteiger partial charge in [0.1, 0.15) is 0 Å². The first-order valence-electron chi connectivity index (χ1n) is 9.40. The number of carbonyl (C=O) groups excluding carboxylic acids is 2. The smallest absolute Gasteiger partial charge is 0.222 e. The Hall–Kier alpha value is -1.88. The van der Waals surface area contributed by atoms with Crippen LogP contribution in [0.3, 0.4) is 0 Å². The van der Waals surface area contributed by atoms with E-state index in [0.717, 1.165) is 31.2 Å². The summed E-state index contributed by atoms with van der Waals surface area (Å²) in [5.74, 6) is 0.895. The van der Waals surface area contributed by atoms with Gasteiger partial charge in [-0.3, -0.25) is 9.59 Å². The van der Waals surface area contributed by atoms with Gasteiger partial charge in [-0.1, -0.05) is 36.8 Å². The van der Waals surface area contributed by atoms with Gasteiger partial charge in [-0.05, 0) is 43.1 Å². The third kappa shape index (κ3) is 4.60. The molecular formula is C20H29N3O2. The van der Waals surface area contributed by atoms with Crippen molar-refractivity contribution in [1.82, 2.24) is 10.6 Å². The average Bonchev–Trinajstić information content (AvgIpc) is 2.55. The highest BCUT2D eigenvalue weighted by molar-refractivity contribution is 5.79. The van der Waals surface area contributed by atoms with Crippen LogP contribution in [0.25, 0.3) is 0 Å². The molecule has 3 unspecified atom stereocenters. The zero-order valence-corrected chi connectivity index (χ0v) is 14.9. The Morgan fingerprint density at radius 2 is 1.80 bits per heavy atom. The number of nitrogens with one attached hydrogen (secondary N) is 2. The number of hydrogen-bond donors (Lipinski definition) is 3. The van der Waals surface area contributed by atoms with Crippen LogP contribution >= 0.6 is 0 Å². The first-order valence-corrected chi connectivity index (χ1v) is 9.40. The van der Waals surface area contributed by atoms with Crippen LogP contribution in [0.2, 0.25) is 0 Å². The van der Waals surface area contributed by atoms with Crippen molar-refractivity contribution in [3.63, 3.8) is 0 Å². The first-order chi connectivity index (χ1) is 12.0. The van der Waals surface area contributed by atoms with Crippen LogP contribution in [0.5, 0.6) is 0 Å². The van der Waals surface area contributed by atoms with E-state index in [0.29, 0.717) is 11.8 Å². The number of benzene rings is 1. The standard InChI is InChI=1S/C20H29N3O2/c1-13(24)22-18(14-6-3-2-4-7-14)12-19(25)23-20-15-8-5-9-16(20)11-17(21)10-15/h2-4,6-7,15-18,20H,5,8-12,21H2,1H3,(H,22,24)(H,23,25). The van der Waals surface area contributed by atoms with Gasteiger partial charge in [0.15, 0.2) is 0 Å².